The molecular formula is C17H25NO3. The summed E-state index contributed by atoms with van der Waals surface area (Å²) in [5.74, 6) is 0.175. The number of hydrogen-bond acceptors (Lipinski definition) is 4. The fourth-order valence-electron chi connectivity index (χ4n) is 2.72. The number of phenols is 1. The van der Waals surface area contributed by atoms with Crippen LogP contribution < -0.4 is 0 Å². The van der Waals surface area contributed by atoms with Gasteiger partial charge in [-0.25, -0.2) is 0 Å². The Morgan fingerprint density at radius 3 is 2.86 bits per heavy atom. The number of benzene rings is 1. The highest BCUT2D eigenvalue weighted by molar-refractivity contribution is 5.76. The number of phenolic OH excluding ortho intramolecular Hbond substituents is 1. The number of esters is 1. The van der Waals surface area contributed by atoms with Gasteiger partial charge in [0.1, 0.15) is 17.4 Å². The Hall–Kier alpha value is -1.55. The second-order valence-electron chi connectivity index (χ2n) is 6.65. The van der Waals surface area contributed by atoms with Crippen molar-refractivity contribution >= 4 is 5.97 Å². The minimum absolute atomic E-state index is 0.115. The van der Waals surface area contributed by atoms with Crippen LogP contribution in [0.1, 0.15) is 39.2 Å². The van der Waals surface area contributed by atoms with Gasteiger partial charge in [0, 0.05) is 6.54 Å². The Kier molecular flexibility index (Phi) is 4.88. The maximum atomic E-state index is 12.2. The van der Waals surface area contributed by atoms with Crippen molar-refractivity contribution in [1.29, 1.82) is 0 Å². The summed E-state index contributed by atoms with van der Waals surface area (Å²) in [7, 11) is 0. The van der Waals surface area contributed by atoms with Crippen molar-refractivity contribution in [2.45, 2.75) is 51.7 Å². The van der Waals surface area contributed by atoms with Gasteiger partial charge in [0.15, 0.2) is 0 Å². The molecule has 1 saturated heterocycles. The second kappa shape index (κ2) is 6.48. The molecule has 0 aromatic heterocycles. The highest BCUT2D eigenvalue weighted by Gasteiger charge is 2.33. The lowest BCUT2D eigenvalue weighted by Gasteiger charge is -2.27. The molecule has 2 rings (SSSR count). The molecular weight excluding hydrogens is 266 g/mol. The summed E-state index contributed by atoms with van der Waals surface area (Å²) in [6, 6.07) is 7.17. The van der Waals surface area contributed by atoms with Gasteiger partial charge in [-0.3, -0.25) is 9.69 Å². The van der Waals surface area contributed by atoms with Gasteiger partial charge in [-0.15, -0.1) is 0 Å². The molecule has 0 saturated carbocycles. The van der Waals surface area contributed by atoms with E-state index < -0.39 is 5.60 Å². The quantitative estimate of drug-likeness (QED) is 0.867. The first kappa shape index (κ1) is 15.8. The van der Waals surface area contributed by atoms with Crippen molar-refractivity contribution in [2.24, 2.45) is 0 Å². The van der Waals surface area contributed by atoms with E-state index in [1.807, 2.05) is 32.9 Å². The number of likely N-dealkylation sites (tertiary alicyclic amines) is 1. The topological polar surface area (TPSA) is 49.8 Å². The Morgan fingerprint density at radius 1 is 1.43 bits per heavy atom. The molecule has 1 atom stereocenters. The molecule has 4 heteroatoms. The molecule has 0 amide bonds. The van der Waals surface area contributed by atoms with Crippen molar-refractivity contribution in [3.63, 3.8) is 0 Å². The number of nitrogens with zero attached hydrogens (tertiary/aromatic N) is 1. The maximum absolute atomic E-state index is 12.2. The lowest BCUT2D eigenvalue weighted by Crippen LogP contribution is -2.41. The van der Waals surface area contributed by atoms with Crippen LogP contribution in [0.25, 0.3) is 0 Å². The van der Waals surface area contributed by atoms with E-state index in [9.17, 15) is 9.90 Å². The highest BCUT2D eigenvalue weighted by atomic mass is 16.6. The lowest BCUT2D eigenvalue weighted by molar-refractivity contribution is -0.160. The molecule has 1 aromatic carbocycles. The first-order valence-electron chi connectivity index (χ1n) is 7.60. The molecule has 1 N–H and O–H groups in total. The van der Waals surface area contributed by atoms with Crippen LogP contribution in [0.5, 0.6) is 5.75 Å². The zero-order valence-corrected chi connectivity index (χ0v) is 13.1. The number of aromatic hydroxyl groups is 1. The maximum Gasteiger partial charge on any atom is 0.323 e. The van der Waals surface area contributed by atoms with Crippen LogP contribution in [0.2, 0.25) is 0 Å². The standard InChI is InChI=1S/C17H25NO3/c1-17(2,3)21-16(20)15-8-5-10-18(15)11-9-13-6-4-7-14(19)12-13/h4,6-7,12,15,19H,5,8-11H2,1-3H3/t15-/m0/s1. The van der Waals surface area contributed by atoms with E-state index in [0.717, 1.165) is 37.9 Å². The van der Waals surface area contributed by atoms with Gasteiger partial charge in [0.05, 0.1) is 0 Å². The van der Waals surface area contributed by atoms with Crippen LogP contribution in [-0.2, 0) is 16.0 Å². The van der Waals surface area contributed by atoms with E-state index in [0.29, 0.717) is 0 Å². The number of ether oxygens (including phenoxy) is 1. The molecule has 1 heterocycles. The summed E-state index contributed by atoms with van der Waals surface area (Å²) in [5, 5.41) is 9.49. The van der Waals surface area contributed by atoms with Gasteiger partial charge >= 0.3 is 5.97 Å². The number of carbonyl (C=O) groups excluding carboxylic acids is 1. The molecule has 4 nitrogen and oxygen atoms in total. The Balaban J connectivity index is 1.91. The van der Waals surface area contributed by atoms with Gasteiger partial charge in [-0.1, -0.05) is 12.1 Å². The third-order valence-corrected chi connectivity index (χ3v) is 3.64. The minimum atomic E-state index is -0.434. The van der Waals surface area contributed by atoms with E-state index >= 15 is 0 Å². The van der Waals surface area contributed by atoms with Crippen molar-refractivity contribution in [3.8, 4) is 5.75 Å². The normalized spacial score (nSPS) is 19.7. The van der Waals surface area contributed by atoms with Crippen LogP contribution >= 0.6 is 0 Å². The molecule has 0 radical (unpaired) electrons. The second-order valence-corrected chi connectivity index (χ2v) is 6.65. The average Bonchev–Trinajstić information content (AvgIpc) is 2.83. The molecule has 1 aliphatic rings. The molecule has 1 fully saturated rings. The summed E-state index contributed by atoms with van der Waals surface area (Å²) in [5.41, 5.74) is 0.654. The zero-order chi connectivity index (χ0) is 15.5. The summed E-state index contributed by atoms with van der Waals surface area (Å²) in [6.45, 7) is 7.45. The molecule has 0 unspecified atom stereocenters. The van der Waals surface area contributed by atoms with Crippen molar-refractivity contribution < 1.29 is 14.6 Å². The van der Waals surface area contributed by atoms with E-state index in [4.69, 9.17) is 4.74 Å². The van der Waals surface area contributed by atoms with Crippen LogP contribution in [0, 0.1) is 0 Å². The van der Waals surface area contributed by atoms with Gasteiger partial charge in [0.2, 0.25) is 0 Å². The van der Waals surface area contributed by atoms with Crippen LogP contribution in [-0.4, -0.2) is 40.7 Å². The third-order valence-electron chi connectivity index (χ3n) is 3.64. The van der Waals surface area contributed by atoms with Gasteiger partial charge in [-0.05, 0) is 64.3 Å². The van der Waals surface area contributed by atoms with Crippen molar-refractivity contribution in [1.82, 2.24) is 4.90 Å². The van der Waals surface area contributed by atoms with Crippen molar-refractivity contribution in [3.05, 3.63) is 29.8 Å². The molecule has 0 aliphatic carbocycles. The number of carbonyl (C=O) groups is 1. The molecule has 21 heavy (non-hydrogen) atoms. The van der Waals surface area contributed by atoms with Crippen LogP contribution in [0.3, 0.4) is 0 Å². The van der Waals surface area contributed by atoms with E-state index in [2.05, 4.69) is 4.90 Å². The summed E-state index contributed by atoms with van der Waals surface area (Å²) < 4.78 is 5.50. The summed E-state index contributed by atoms with van der Waals surface area (Å²) in [4.78, 5) is 14.4. The number of hydrogen-bond donors (Lipinski definition) is 1. The third kappa shape index (κ3) is 4.74. The minimum Gasteiger partial charge on any atom is -0.508 e. The van der Waals surface area contributed by atoms with E-state index in [1.54, 1.807) is 12.1 Å². The highest BCUT2D eigenvalue weighted by Crippen LogP contribution is 2.22. The van der Waals surface area contributed by atoms with Crippen LogP contribution in [0.4, 0.5) is 0 Å². The molecule has 1 aliphatic heterocycles. The average molecular weight is 291 g/mol. The predicted octanol–water partition coefficient (Wildman–Crippen LogP) is 2.74. The van der Waals surface area contributed by atoms with Gasteiger partial charge in [-0.2, -0.15) is 0 Å². The fraction of sp³-hybridized carbons (Fsp3) is 0.588. The fourth-order valence-corrected chi connectivity index (χ4v) is 2.72. The largest absolute Gasteiger partial charge is 0.508 e. The SMILES string of the molecule is CC(C)(C)OC(=O)[C@@H]1CCCN1CCc1cccc(O)c1. The Morgan fingerprint density at radius 2 is 2.19 bits per heavy atom. The Bertz CT molecular complexity index is 493. The molecule has 0 bridgehead atoms. The van der Waals surface area contributed by atoms with Gasteiger partial charge < -0.3 is 9.84 Å². The van der Waals surface area contributed by atoms with Crippen LogP contribution in [0.15, 0.2) is 24.3 Å². The first-order chi connectivity index (χ1) is 9.85. The van der Waals surface area contributed by atoms with Crippen molar-refractivity contribution in [2.75, 3.05) is 13.1 Å². The molecule has 1 aromatic rings. The smallest absolute Gasteiger partial charge is 0.323 e. The number of rotatable bonds is 4. The monoisotopic (exact) mass is 291 g/mol. The zero-order valence-electron chi connectivity index (χ0n) is 13.1. The summed E-state index contributed by atoms with van der Waals surface area (Å²) >= 11 is 0. The predicted molar refractivity (Wildman–Crippen MR) is 82.3 cm³/mol. The van der Waals surface area contributed by atoms with Gasteiger partial charge in [0.25, 0.3) is 0 Å². The lowest BCUT2D eigenvalue weighted by atomic mass is 10.1. The first-order valence-corrected chi connectivity index (χ1v) is 7.60. The van der Waals surface area contributed by atoms with E-state index in [-0.39, 0.29) is 17.8 Å². The molecule has 0 spiro atoms. The van der Waals surface area contributed by atoms with E-state index in [1.165, 1.54) is 0 Å². The summed E-state index contributed by atoms with van der Waals surface area (Å²) in [6.07, 6.45) is 2.73. The molecule has 116 valence electrons. The Labute approximate surface area is 126 Å².